The van der Waals surface area contributed by atoms with E-state index in [4.69, 9.17) is 37.7 Å². The van der Waals surface area contributed by atoms with Gasteiger partial charge in [-0.3, -0.25) is 4.79 Å². The Morgan fingerprint density at radius 2 is 1.74 bits per heavy atom. The maximum absolute atomic E-state index is 11.9. The molecule has 9 heteroatoms. The second kappa shape index (κ2) is 11.1. The number of amides is 1. The van der Waals surface area contributed by atoms with Gasteiger partial charge in [0.1, 0.15) is 11.5 Å². The molecule has 7 nitrogen and oxygen atoms in total. The molecular weight excluding hydrogens is 487 g/mol. The van der Waals surface area contributed by atoms with Crippen LogP contribution in [0.15, 0.2) is 43.1 Å². The number of benzene rings is 2. The molecule has 2 atom stereocenters. The van der Waals surface area contributed by atoms with Gasteiger partial charge in [0.05, 0.1) is 29.8 Å². The van der Waals surface area contributed by atoms with Crippen LogP contribution in [0.1, 0.15) is 32.1 Å². The van der Waals surface area contributed by atoms with Gasteiger partial charge in [0.25, 0.3) is 0 Å². The molecule has 2 aromatic carbocycles. The van der Waals surface area contributed by atoms with Crippen LogP contribution in [-0.2, 0) is 4.79 Å². The topological polar surface area (TPSA) is 85.4 Å². The van der Waals surface area contributed by atoms with Crippen molar-refractivity contribution in [3.05, 3.63) is 53.2 Å². The Morgan fingerprint density at radius 1 is 1.06 bits per heavy atom. The lowest BCUT2D eigenvalue weighted by Crippen LogP contribution is -2.45. The van der Waals surface area contributed by atoms with E-state index >= 15 is 0 Å². The highest BCUT2D eigenvalue weighted by Crippen LogP contribution is 2.46. The summed E-state index contributed by atoms with van der Waals surface area (Å²) in [5, 5.41) is 8.13. The first kappa shape index (κ1) is 25.1. The fourth-order valence-corrected chi connectivity index (χ4v) is 5.18. The predicted octanol–water partition coefficient (Wildman–Crippen LogP) is 6.04. The number of fused-ring (bicyclic) bond motifs is 1. The number of carbonyl (C=O) groups excluding carboxylic acids is 1. The third-order valence-electron chi connectivity index (χ3n) is 6.29. The summed E-state index contributed by atoms with van der Waals surface area (Å²) in [5.41, 5.74) is 2.19. The number of carbonyl (C=O) groups is 1. The molecule has 1 aliphatic carbocycles. The number of nitrogens with zero attached hydrogens (tertiary/aromatic N) is 2. The fraction of sp³-hybridized carbons (Fsp3) is 0.346. The normalized spacial score (nSPS) is 17.9. The summed E-state index contributed by atoms with van der Waals surface area (Å²) < 4.78 is 10.8. The van der Waals surface area contributed by atoms with E-state index in [0.29, 0.717) is 33.1 Å². The first-order valence-corrected chi connectivity index (χ1v) is 12.3. The van der Waals surface area contributed by atoms with Crippen molar-refractivity contribution in [3.8, 4) is 22.6 Å². The molecule has 1 aliphatic rings. The molecule has 1 fully saturated rings. The van der Waals surface area contributed by atoms with Crippen molar-refractivity contribution in [1.29, 1.82) is 0 Å². The van der Waals surface area contributed by atoms with Gasteiger partial charge >= 0.3 is 0 Å². The van der Waals surface area contributed by atoms with Gasteiger partial charge in [-0.05, 0) is 36.6 Å². The van der Waals surface area contributed by atoms with Crippen LogP contribution < -0.4 is 20.1 Å². The molecule has 0 aliphatic heterocycles. The molecule has 1 saturated carbocycles. The van der Waals surface area contributed by atoms with Crippen molar-refractivity contribution in [2.75, 3.05) is 19.5 Å². The van der Waals surface area contributed by atoms with Gasteiger partial charge in [-0.25, -0.2) is 9.97 Å². The van der Waals surface area contributed by atoms with Gasteiger partial charge in [-0.2, -0.15) is 0 Å². The van der Waals surface area contributed by atoms with Gasteiger partial charge < -0.3 is 20.1 Å². The van der Waals surface area contributed by atoms with E-state index in [1.807, 2.05) is 18.2 Å². The number of hydrogen-bond donors (Lipinski definition) is 2. The molecule has 0 bridgehead atoms. The van der Waals surface area contributed by atoms with Crippen molar-refractivity contribution in [2.24, 2.45) is 0 Å². The van der Waals surface area contributed by atoms with E-state index in [0.717, 1.165) is 48.6 Å². The molecule has 0 spiro atoms. The smallest absolute Gasteiger partial charge is 0.243 e. The average molecular weight is 515 g/mol. The quantitative estimate of drug-likeness (QED) is 0.295. The third-order valence-corrected chi connectivity index (χ3v) is 7.04. The molecule has 35 heavy (non-hydrogen) atoms. The third kappa shape index (κ3) is 5.46. The van der Waals surface area contributed by atoms with Gasteiger partial charge in [0.2, 0.25) is 11.9 Å². The molecular formula is C26H28Cl2N4O3. The Kier molecular flexibility index (Phi) is 7.98. The molecule has 0 radical (unpaired) electrons. The second-order valence-corrected chi connectivity index (χ2v) is 9.22. The number of aromatic nitrogens is 2. The monoisotopic (exact) mass is 514 g/mol. The summed E-state index contributed by atoms with van der Waals surface area (Å²) in [6, 6.07) is 7.44. The zero-order chi connectivity index (χ0) is 24.9. The van der Waals surface area contributed by atoms with Gasteiger partial charge in [-0.15, -0.1) is 0 Å². The van der Waals surface area contributed by atoms with Crippen LogP contribution >= 0.6 is 23.2 Å². The lowest BCUT2D eigenvalue weighted by molar-refractivity contribution is -0.117. The van der Waals surface area contributed by atoms with Crippen LogP contribution in [-0.4, -0.2) is 42.2 Å². The van der Waals surface area contributed by atoms with Crippen LogP contribution in [0.5, 0.6) is 11.5 Å². The van der Waals surface area contributed by atoms with Crippen LogP contribution in [0, 0.1) is 0 Å². The number of ether oxygens (including phenoxy) is 2. The maximum Gasteiger partial charge on any atom is 0.243 e. The summed E-state index contributed by atoms with van der Waals surface area (Å²) in [7, 11) is 3.09. The molecule has 4 rings (SSSR count). The summed E-state index contributed by atoms with van der Waals surface area (Å²) in [4.78, 5) is 21.2. The Morgan fingerprint density at radius 3 is 2.40 bits per heavy atom. The summed E-state index contributed by atoms with van der Waals surface area (Å²) in [5.74, 6) is 1.30. The Bertz CT molecular complexity index is 1220. The molecule has 1 amide bonds. The van der Waals surface area contributed by atoms with E-state index < -0.39 is 0 Å². The minimum atomic E-state index is -0.165. The number of halogens is 2. The zero-order valence-electron chi connectivity index (χ0n) is 19.7. The summed E-state index contributed by atoms with van der Waals surface area (Å²) >= 11 is 13.2. The minimum absolute atomic E-state index is 0.00278. The molecule has 1 aromatic heterocycles. The van der Waals surface area contributed by atoms with E-state index in [1.165, 1.54) is 6.08 Å². The van der Waals surface area contributed by atoms with Crippen molar-refractivity contribution >= 4 is 46.0 Å². The SMILES string of the molecule is C=CC(=O)N[C@H]1CCCCCC1Nc1ncc2cc(-c3c(Cl)c(OC)cc(OC)c3Cl)ccc2n1. The van der Waals surface area contributed by atoms with Crippen molar-refractivity contribution in [2.45, 2.75) is 44.2 Å². The largest absolute Gasteiger partial charge is 0.495 e. The fourth-order valence-electron chi connectivity index (χ4n) is 4.46. The predicted molar refractivity (Wildman–Crippen MR) is 141 cm³/mol. The van der Waals surface area contributed by atoms with E-state index in [1.54, 1.807) is 26.5 Å². The highest BCUT2D eigenvalue weighted by atomic mass is 35.5. The maximum atomic E-state index is 11.9. The standard InChI is InChI=1S/C26H28Cl2N4O3/c1-4-22(33)30-18-8-6-5-7-9-19(18)32-26-29-14-16-12-15(10-11-17(16)31-26)23-24(27)20(34-2)13-21(35-3)25(23)28/h4,10-14,18-19H,1,5-9H2,2-3H3,(H,30,33)(H,29,31,32)/t18-,19?/m0/s1. The Hall–Kier alpha value is -3.03. The highest BCUT2D eigenvalue weighted by molar-refractivity contribution is 6.41. The number of anilines is 1. The lowest BCUT2D eigenvalue weighted by Gasteiger charge is -2.26. The number of nitrogens with one attached hydrogen (secondary N) is 2. The van der Waals surface area contributed by atoms with Crippen molar-refractivity contribution in [1.82, 2.24) is 15.3 Å². The molecule has 1 heterocycles. The Balaban J connectivity index is 1.64. The molecule has 0 saturated heterocycles. The van der Waals surface area contributed by atoms with Crippen LogP contribution in [0.25, 0.3) is 22.0 Å². The van der Waals surface area contributed by atoms with E-state index in [2.05, 4.69) is 22.2 Å². The molecule has 2 N–H and O–H groups in total. The number of hydrogen-bond acceptors (Lipinski definition) is 6. The van der Waals surface area contributed by atoms with Crippen LogP contribution in [0.2, 0.25) is 10.0 Å². The zero-order valence-corrected chi connectivity index (χ0v) is 21.2. The van der Waals surface area contributed by atoms with Gasteiger partial charge in [-0.1, -0.05) is 55.1 Å². The van der Waals surface area contributed by atoms with E-state index in [9.17, 15) is 4.79 Å². The first-order chi connectivity index (χ1) is 16.9. The Labute approximate surface area is 214 Å². The number of methoxy groups -OCH3 is 2. The first-order valence-electron chi connectivity index (χ1n) is 11.5. The molecule has 1 unspecified atom stereocenters. The van der Waals surface area contributed by atoms with Gasteiger partial charge in [0, 0.05) is 35.3 Å². The molecule has 184 valence electrons. The second-order valence-electron chi connectivity index (χ2n) is 8.46. The number of rotatable bonds is 7. The summed E-state index contributed by atoms with van der Waals surface area (Å²) in [6.45, 7) is 3.56. The van der Waals surface area contributed by atoms with Crippen molar-refractivity contribution < 1.29 is 14.3 Å². The van der Waals surface area contributed by atoms with Gasteiger partial charge in [0.15, 0.2) is 0 Å². The van der Waals surface area contributed by atoms with Crippen LogP contribution in [0.3, 0.4) is 0 Å². The molecule has 3 aromatic rings. The van der Waals surface area contributed by atoms with E-state index in [-0.39, 0.29) is 18.0 Å². The minimum Gasteiger partial charge on any atom is -0.495 e. The summed E-state index contributed by atoms with van der Waals surface area (Å²) in [6.07, 6.45) is 8.20. The van der Waals surface area contributed by atoms with Crippen molar-refractivity contribution in [3.63, 3.8) is 0 Å². The average Bonchev–Trinajstić information content (AvgIpc) is 3.09. The highest BCUT2D eigenvalue weighted by Gasteiger charge is 2.25. The van der Waals surface area contributed by atoms with Crippen LogP contribution in [0.4, 0.5) is 5.95 Å². The lowest BCUT2D eigenvalue weighted by atomic mass is 10.0.